The SMILES string of the molecule is CCc1nc2ccccc2n1-c1ccc(-c2cc3c4c(c2)B(c2c(C)c(C)c(C)c(C)c2C)c2cc(C)ccc2N4c2ccc(C)cc2B3c2c(C)c(C)c(C)c(C)c2C)cc1. The molecule has 0 saturated heterocycles. The monoisotopic (exact) mass is 805 g/mol. The van der Waals surface area contributed by atoms with E-state index in [1.807, 2.05) is 0 Å². The van der Waals surface area contributed by atoms with Gasteiger partial charge in [-0.25, -0.2) is 4.98 Å². The lowest BCUT2D eigenvalue weighted by Crippen LogP contribution is -2.66. The minimum Gasteiger partial charge on any atom is -0.313 e. The van der Waals surface area contributed by atoms with E-state index in [0.29, 0.717) is 0 Å². The molecule has 0 unspecified atom stereocenters. The van der Waals surface area contributed by atoms with Gasteiger partial charge in [0.05, 0.1) is 11.0 Å². The number of hydrogen-bond acceptors (Lipinski definition) is 2. The molecule has 10 rings (SSSR count). The van der Waals surface area contributed by atoms with E-state index in [-0.39, 0.29) is 13.4 Å². The van der Waals surface area contributed by atoms with Crippen LogP contribution in [0.3, 0.4) is 0 Å². The van der Waals surface area contributed by atoms with E-state index in [1.54, 1.807) is 0 Å². The van der Waals surface area contributed by atoms with Gasteiger partial charge in [0.2, 0.25) is 13.4 Å². The van der Waals surface area contributed by atoms with E-state index in [4.69, 9.17) is 4.98 Å². The van der Waals surface area contributed by atoms with Gasteiger partial charge in [-0.2, -0.15) is 0 Å². The summed E-state index contributed by atoms with van der Waals surface area (Å²) in [6, 6.07) is 37.3. The van der Waals surface area contributed by atoms with Gasteiger partial charge in [0.15, 0.2) is 0 Å². The molecule has 0 fully saturated rings. The molecule has 0 radical (unpaired) electrons. The standard InChI is InChI=1S/C57H57B2N3/c1-14-54-60-50-17-15-16-18-53(50)61(54)45-23-21-43(22-24-45)44-29-48-57-49(30-44)59(56-41(12)37(8)34(5)38(9)42(56)13)47-28-32(3)20-26-52(47)62(57)51-25-19-31(2)27-46(51)58(48)55-39(10)35(6)33(4)36(7)40(55)11/h15-30H,14H2,1-13H3. The Labute approximate surface area is 370 Å². The molecule has 62 heavy (non-hydrogen) atoms. The second-order valence-corrected chi connectivity index (χ2v) is 18.7. The summed E-state index contributed by atoms with van der Waals surface area (Å²) in [6.45, 7) is 30.2. The van der Waals surface area contributed by atoms with Gasteiger partial charge in [0, 0.05) is 29.2 Å². The average molecular weight is 806 g/mol. The number of hydrogen-bond donors (Lipinski definition) is 0. The predicted octanol–water partition coefficient (Wildman–Crippen LogP) is 10.1. The van der Waals surface area contributed by atoms with E-state index in [0.717, 1.165) is 29.0 Å². The second kappa shape index (κ2) is 14.5. The first-order valence-electron chi connectivity index (χ1n) is 22.6. The summed E-state index contributed by atoms with van der Waals surface area (Å²) in [5.41, 5.74) is 34.7. The van der Waals surface area contributed by atoms with E-state index in [2.05, 4.69) is 197 Å². The fourth-order valence-corrected chi connectivity index (χ4v) is 11.4. The summed E-state index contributed by atoms with van der Waals surface area (Å²) in [5.74, 6) is 1.08. The van der Waals surface area contributed by atoms with Crippen LogP contribution >= 0.6 is 0 Å². The zero-order valence-electron chi connectivity index (χ0n) is 38.9. The van der Waals surface area contributed by atoms with Gasteiger partial charge < -0.3 is 4.90 Å². The van der Waals surface area contributed by atoms with Crippen LogP contribution < -0.4 is 37.7 Å². The molecule has 2 aliphatic rings. The minimum atomic E-state index is 0.0490. The highest BCUT2D eigenvalue weighted by molar-refractivity contribution is 7.02. The maximum absolute atomic E-state index is 5.02. The van der Waals surface area contributed by atoms with Crippen LogP contribution in [-0.2, 0) is 6.42 Å². The van der Waals surface area contributed by atoms with Crippen molar-refractivity contribution in [2.24, 2.45) is 0 Å². The molecule has 2 aliphatic heterocycles. The quantitative estimate of drug-likeness (QED) is 0.162. The maximum atomic E-state index is 5.02. The van der Waals surface area contributed by atoms with Gasteiger partial charge in [-0.1, -0.05) is 112 Å². The molecule has 0 amide bonds. The highest BCUT2D eigenvalue weighted by atomic mass is 15.2. The third-order valence-electron chi connectivity index (χ3n) is 15.6. The fraction of sp³-hybridized carbons (Fsp3) is 0.246. The van der Waals surface area contributed by atoms with Crippen LogP contribution in [0.1, 0.15) is 79.5 Å². The third kappa shape index (κ3) is 5.69. The first kappa shape index (κ1) is 40.0. The van der Waals surface area contributed by atoms with Crippen molar-refractivity contribution < 1.29 is 0 Å². The summed E-state index contributed by atoms with van der Waals surface area (Å²) in [5, 5.41) is 0. The Morgan fingerprint density at radius 3 is 1.37 bits per heavy atom. The second-order valence-electron chi connectivity index (χ2n) is 18.7. The first-order valence-corrected chi connectivity index (χ1v) is 22.6. The van der Waals surface area contributed by atoms with Crippen molar-refractivity contribution in [3.05, 3.63) is 170 Å². The van der Waals surface area contributed by atoms with E-state index < -0.39 is 0 Å². The van der Waals surface area contributed by atoms with Crippen molar-refractivity contribution >= 4 is 74.3 Å². The van der Waals surface area contributed by atoms with E-state index >= 15 is 0 Å². The molecule has 0 atom stereocenters. The molecule has 7 aromatic carbocycles. The number of para-hydroxylation sites is 2. The van der Waals surface area contributed by atoms with Gasteiger partial charge in [-0.05, 0) is 186 Å². The number of imidazole rings is 1. The number of rotatable bonds is 5. The average Bonchev–Trinajstić information content (AvgIpc) is 3.66. The van der Waals surface area contributed by atoms with Gasteiger partial charge in [-0.3, -0.25) is 4.57 Å². The Morgan fingerprint density at radius 1 is 0.452 bits per heavy atom. The highest BCUT2D eigenvalue weighted by Gasteiger charge is 2.45. The lowest BCUT2D eigenvalue weighted by Gasteiger charge is -2.45. The molecular weight excluding hydrogens is 748 g/mol. The van der Waals surface area contributed by atoms with Crippen molar-refractivity contribution in [2.75, 3.05) is 4.90 Å². The molecule has 1 aromatic heterocycles. The summed E-state index contributed by atoms with van der Waals surface area (Å²) >= 11 is 0. The smallest absolute Gasteiger partial charge is 0.247 e. The molecular formula is C57H57B2N3. The van der Waals surface area contributed by atoms with Crippen LogP contribution in [0.2, 0.25) is 0 Å². The summed E-state index contributed by atoms with van der Waals surface area (Å²) < 4.78 is 2.33. The Bertz CT molecular complexity index is 3000. The molecule has 306 valence electrons. The van der Waals surface area contributed by atoms with Crippen LogP contribution in [0, 0.1) is 83.1 Å². The van der Waals surface area contributed by atoms with Crippen molar-refractivity contribution in [2.45, 2.75) is 96.4 Å². The van der Waals surface area contributed by atoms with Crippen LogP contribution in [0.25, 0.3) is 27.8 Å². The molecule has 0 spiro atoms. The van der Waals surface area contributed by atoms with Gasteiger partial charge in [0.25, 0.3) is 0 Å². The molecule has 0 aliphatic carbocycles. The van der Waals surface area contributed by atoms with Gasteiger partial charge in [-0.15, -0.1) is 0 Å². The summed E-state index contributed by atoms with van der Waals surface area (Å²) in [7, 11) is 0. The Kier molecular flexibility index (Phi) is 9.37. The summed E-state index contributed by atoms with van der Waals surface area (Å²) in [4.78, 5) is 7.66. The van der Waals surface area contributed by atoms with Crippen molar-refractivity contribution in [1.29, 1.82) is 0 Å². The molecule has 8 aromatic rings. The van der Waals surface area contributed by atoms with Gasteiger partial charge in [0.1, 0.15) is 5.82 Å². The minimum absolute atomic E-state index is 0.0490. The zero-order valence-corrected chi connectivity index (χ0v) is 38.9. The predicted molar refractivity (Wildman–Crippen MR) is 270 cm³/mol. The van der Waals surface area contributed by atoms with Crippen LogP contribution in [0.15, 0.2) is 97.1 Å². The van der Waals surface area contributed by atoms with E-state index in [1.165, 1.54) is 128 Å². The number of aromatic nitrogens is 2. The van der Waals surface area contributed by atoms with Gasteiger partial charge >= 0.3 is 0 Å². The molecule has 0 bridgehead atoms. The molecule has 3 heterocycles. The Hall–Kier alpha value is -6.06. The Balaban J connectivity index is 1.32. The van der Waals surface area contributed by atoms with Crippen LogP contribution in [0.5, 0.6) is 0 Å². The fourth-order valence-electron chi connectivity index (χ4n) is 11.4. The molecule has 0 saturated carbocycles. The largest absolute Gasteiger partial charge is 0.313 e. The van der Waals surface area contributed by atoms with Crippen LogP contribution in [0.4, 0.5) is 17.1 Å². The topological polar surface area (TPSA) is 21.1 Å². The van der Waals surface area contributed by atoms with Crippen molar-refractivity contribution in [3.63, 3.8) is 0 Å². The number of nitrogens with zero attached hydrogens (tertiary/aromatic N) is 3. The Morgan fingerprint density at radius 2 is 0.903 bits per heavy atom. The molecule has 5 heteroatoms. The van der Waals surface area contributed by atoms with Crippen molar-refractivity contribution in [3.8, 4) is 16.8 Å². The molecule has 0 N–H and O–H groups in total. The molecule has 3 nitrogen and oxygen atoms in total. The first-order chi connectivity index (χ1) is 29.7. The van der Waals surface area contributed by atoms with Crippen LogP contribution in [-0.4, -0.2) is 23.0 Å². The number of aryl methyl sites for hydroxylation is 3. The maximum Gasteiger partial charge on any atom is 0.247 e. The lowest BCUT2D eigenvalue weighted by molar-refractivity contribution is 0.908. The lowest BCUT2D eigenvalue weighted by atomic mass is 9.29. The van der Waals surface area contributed by atoms with E-state index in [9.17, 15) is 0 Å². The zero-order chi connectivity index (χ0) is 43.6. The summed E-state index contributed by atoms with van der Waals surface area (Å²) in [6.07, 6.45) is 0.860. The number of anilines is 3. The number of benzene rings is 7. The van der Waals surface area contributed by atoms with Crippen molar-refractivity contribution in [1.82, 2.24) is 9.55 Å². The number of fused-ring (bicyclic) bond motifs is 5. The normalized spacial score (nSPS) is 12.9. The third-order valence-corrected chi connectivity index (χ3v) is 15.6. The highest BCUT2D eigenvalue weighted by Crippen LogP contribution is 2.40.